The van der Waals surface area contributed by atoms with E-state index in [9.17, 15) is 9.18 Å². The summed E-state index contributed by atoms with van der Waals surface area (Å²) in [7, 11) is 0. The Kier molecular flexibility index (Phi) is 5.72. The quantitative estimate of drug-likeness (QED) is 0.538. The van der Waals surface area contributed by atoms with Gasteiger partial charge < -0.3 is 4.74 Å². The number of halogens is 2. The molecule has 0 saturated carbocycles. The summed E-state index contributed by atoms with van der Waals surface area (Å²) < 4.78 is 19.3. The maximum Gasteiger partial charge on any atom is 0.338 e. The molecule has 116 valence electrons. The van der Waals surface area contributed by atoms with Gasteiger partial charge in [0, 0.05) is 5.33 Å². The molecular weight excluding hydrogens is 347 g/mol. The van der Waals surface area contributed by atoms with E-state index in [0.29, 0.717) is 34.2 Å². The lowest BCUT2D eigenvalue weighted by atomic mass is 9.98. The molecule has 2 aromatic carbocycles. The van der Waals surface area contributed by atoms with Crippen molar-refractivity contribution in [1.82, 2.24) is 0 Å². The number of ether oxygens (including phenoxy) is 1. The first-order valence-electron chi connectivity index (χ1n) is 7.14. The Bertz CT molecular complexity index is 668. The zero-order chi connectivity index (χ0) is 16.1. The summed E-state index contributed by atoms with van der Waals surface area (Å²) in [5, 5.41) is 0.456. The minimum Gasteiger partial charge on any atom is -0.462 e. The average Bonchev–Trinajstić information content (AvgIpc) is 2.52. The minimum absolute atomic E-state index is 0.270. The predicted molar refractivity (Wildman–Crippen MR) is 89.6 cm³/mol. The van der Waals surface area contributed by atoms with Crippen molar-refractivity contribution in [3.05, 3.63) is 59.4 Å². The summed E-state index contributed by atoms with van der Waals surface area (Å²) in [6, 6.07) is 12.1. The minimum atomic E-state index is -0.380. The Morgan fingerprint density at radius 1 is 1.23 bits per heavy atom. The third-order valence-corrected chi connectivity index (χ3v) is 3.81. The second kappa shape index (κ2) is 7.54. The fourth-order valence-corrected chi connectivity index (χ4v) is 2.51. The Balaban J connectivity index is 2.36. The smallest absolute Gasteiger partial charge is 0.338 e. The van der Waals surface area contributed by atoms with E-state index >= 15 is 0 Å². The highest BCUT2D eigenvalue weighted by Crippen LogP contribution is 2.27. The summed E-state index contributed by atoms with van der Waals surface area (Å²) in [5.41, 5.74) is 2.38. The molecule has 2 aromatic rings. The summed E-state index contributed by atoms with van der Waals surface area (Å²) >= 11 is 3.25. The lowest BCUT2D eigenvalue weighted by Crippen LogP contribution is -2.11. The van der Waals surface area contributed by atoms with Crippen molar-refractivity contribution in [1.29, 1.82) is 0 Å². The molecule has 0 atom stereocenters. The maximum atomic E-state index is 14.0. The molecule has 2 nitrogen and oxygen atoms in total. The standard InChI is InChI=1S/C18H18BrFO2/c1-12(2)11-22-18(21)16-6-4-3-5-15(16)13-7-8-14(10-19)17(20)9-13/h3-9,12H,10-11H2,1-2H3. The summed E-state index contributed by atoms with van der Waals surface area (Å²) in [6.45, 7) is 4.32. The van der Waals surface area contributed by atoms with Crippen LogP contribution in [0.5, 0.6) is 0 Å². The van der Waals surface area contributed by atoms with Gasteiger partial charge in [0.05, 0.1) is 12.2 Å². The van der Waals surface area contributed by atoms with E-state index in [1.807, 2.05) is 26.0 Å². The Labute approximate surface area is 138 Å². The number of carbonyl (C=O) groups is 1. The topological polar surface area (TPSA) is 26.3 Å². The van der Waals surface area contributed by atoms with Crippen molar-refractivity contribution in [2.75, 3.05) is 6.61 Å². The van der Waals surface area contributed by atoms with Crippen LogP contribution in [0, 0.1) is 11.7 Å². The van der Waals surface area contributed by atoms with E-state index in [-0.39, 0.29) is 17.7 Å². The van der Waals surface area contributed by atoms with Gasteiger partial charge in [-0.2, -0.15) is 0 Å². The SMILES string of the molecule is CC(C)COC(=O)c1ccccc1-c1ccc(CBr)c(F)c1. The molecule has 0 N–H and O–H groups in total. The Morgan fingerprint density at radius 3 is 2.59 bits per heavy atom. The van der Waals surface area contributed by atoms with Gasteiger partial charge in [0.1, 0.15) is 5.82 Å². The monoisotopic (exact) mass is 364 g/mol. The van der Waals surface area contributed by atoms with Crippen molar-refractivity contribution in [3.8, 4) is 11.1 Å². The van der Waals surface area contributed by atoms with Crippen LogP contribution in [0.2, 0.25) is 0 Å². The first-order valence-corrected chi connectivity index (χ1v) is 8.26. The van der Waals surface area contributed by atoms with E-state index < -0.39 is 0 Å². The second-order valence-corrected chi connectivity index (χ2v) is 6.04. The predicted octanol–water partition coefficient (Wildman–Crippen LogP) is 5.20. The Hall–Kier alpha value is -1.68. The van der Waals surface area contributed by atoms with E-state index in [1.54, 1.807) is 24.3 Å². The van der Waals surface area contributed by atoms with Gasteiger partial charge in [0.25, 0.3) is 0 Å². The molecule has 4 heteroatoms. The van der Waals surface area contributed by atoms with E-state index in [0.717, 1.165) is 0 Å². The number of hydrogen-bond donors (Lipinski definition) is 0. The highest BCUT2D eigenvalue weighted by atomic mass is 79.9. The van der Waals surface area contributed by atoms with Gasteiger partial charge in [-0.15, -0.1) is 0 Å². The van der Waals surface area contributed by atoms with Crippen LogP contribution in [-0.4, -0.2) is 12.6 Å². The molecule has 0 unspecified atom stereocenters. The van der Waals surface area contributed by atoms with E-state index in [4.69, 9.17) is 4.74 Å². The van der Waals surface area contributed by atoms with Crippen LogP contribution >= 0.6 is 15.9 Å². The van der Waals surface area contributed by atoms with Gasteiger partial charge in [-0.05, 0) is 34.7 Å². The third kappa shape index (κ3) is 3.95. The van der Waals surface area contributed by atoms with Crippen LogP contribution in [0.4, 0.5) is 4.39 Å². The molecule has 2 rings (SSSR count). The molecule has 0 aliphatic heterocycles. The molecule has 0 amide bonds. The first-order chi connectivity index (χ1) is 10.5. The molecule has 0 aromatic heterocycles. The molecule has 0 saturated heterocycles. The maximum absolute atomic E-state index is 14.0. The van der Waals surface area contributed by atoms with Crippen LogP contribution in [-0.2, 0) is 10.1 Å². The van der Waals surface area contributed by atoms with Gasteiger partial charge in [-0.3, -0.25) is 0 Å². The first kappa shape index (κ1) is 16.7. The van der Waals surface area contributed by atoms with Crippen molar-refractivity contribution in [2.24, 2.45) is 5.92 Å². The summed E-state index contributed by atoms with van der Waals surface area (Å²) in [4.78, 5) is 12.2. The van der Waals surface area contributed by atoms with Crippen LogP contribution in [0.25, 0.3) is 11.1 Å². The highest BCUT2D eigenvalue weighted by molar-refractivity contribution is 9.08. The number of benzene rings is 2. The van der Waals surface area contributed by atoms with Gasteiger partial charge >= 0.3 is 5.97 Å². The van der Waals surface area contributed by atoms with Crippen LogP contribution < -0.4 is 0 Å². The van der Waals surface area contributed by atoms with Gasteiger partial charge in [0.15, 0.2) is 0 Å². The zero-order valence-electron chi connectivity index (χ0n) is 12.6. The molecule has 0 radical (unpaired) electrons. The lowest BCUT2D eigenvalue weighted by Gasteiger charge is -2.12. The molecule has 0 aliphatic rings. The van der Waals surface area contributed by atoms with Gasteiger partial charge in [-0.1, -0.05) is 60.1 Å². The summed E-state index contributed by atoms with van der Waals surface area (Å²) in [6.07, 6.45) is 0. The number of hydrogen-bond acceptors (Lipinski definition) is 2. The van der Waals surface area contributed by atoms with Crippen molar-refractivity contribution >= 4 is 21.9 Å². The average molecular weight is 365 g/mol. The number of esters is 1. The highest BCUT2D eigenvalue weighted by Gasteiger charge is 2.15. The molecule has 22 heavy (non-hydrogen) atoms. The van der Waals surface area contributed by atoms with Crippen molar-refractivity contribution in [2.45, 2.75) is 19.2 Å². The second-order valence-electron chi connectivity index (χ2n) is 5.48. The van der Waals surface area contributed by atoms with Crippen LogP contribution in [0.3, 0.4) is 0 Å². The van der Waals surface area contributed by atoms with Crippen LogP contribution in [0.15, 0.2) is 42.5 Å². The Morgan fingerprint density at radius 2 is 1.95 bits per heavy atom. The lowest BCUT2D eigenvalue weighted by molar-refractivity contribution is 0.0460. The molecule has 0 heterocycles. The fourth-order valence-electron chi connectivity index (χ4n) is 2.06. The number of carbonyl (C=O) groups excluding carboxylic acids is 1. The van der Waals surface area contributed by atoms with E-state index in [1.165, 1.54) is 6.07 Å². The molecule has 0 aliphatic carbocycles. The number of rotatable bonds is 5. The van der Waals surface area contributed by atoms with Crippen molar-refractivity contribution in [3.63, 3.8) is 0 Å². The largest absolute Gasteiger partial charge is 0.462 e. The number of alkyl halides is 1. The van der Waals surface area contributed by atoms with Gasteiger partial charge in [0.2, 0.25) is 0 Å². The summed E-state index contributed by atoms with van der Waals surface area (Å²) in [5.74, 6) is -0.402. The normalized spacial score (nSPS) is 10.8. The van der Waals surface area contributed by atoms with Gasteiger partial charge in [-0.25, -0.2) is 9.18 Å². The molecule has 0 spiro atoms. The van der Waals surface area contributed by atoms with Crippen molar-refractivity contribution < 1.29 is 13.9 Å². The third-order valence-electron chi connectivity index (χ3n) is 3.20. The molecule has 0 fully saturated rings. The zero-order valence-corrected chi connectivity index (χ0v) is 14.2. The fraction of sp³-hybridized carbons (Fsp3) is 0.278. The van der Waals surface area contributed by atoms with Crippen LogP contribution in [0.1, 0.15) is 29.8 Å². The van der Waals surface area contributed by atoms with E-state index in [2.05, 4.69) is 15.9 Å². The molecular formula is C18H18BrFO2. The molecule has 0 bridgehead atoms.